The van der Waals surface area contributed by atoms with E-state index in [1.807, 2.05) is 37.3 Å². The molecule has 0 spiro atoms. The summed E-state index contributed by atoms with van der Waals surface area (Å²) in [6.45, 7) is 3.99. The lowest BCUT2D eigenvalue weighted by Crippen LogP contribution is -2.33. The summed E-state index contributed by atoms with van der Waals surface area (Å²) in [6.07, 6.45) is 0.652. The monoisotopic (exact) mass is 388 g/mol. The minimum absolute atomic E-state index is 0.0347. The molecule has 1 heterocycles. The molecule has 0 radical (unpaired) electrons. The van der Waals surface area contributed by atoms with Crippen LogP contribution in [0.25, 0.3) is 0 Å². The van der Waals surface area contributed by atoms with Crippen LogP contribution >= 0.6 is 0 Å². The second-order valence-corrected chi connectivity index (χ2v) is 8.77. The van der Waals surface area contributed by atoms with Crippen LogP contribution in [0.15, 0.2) is 53.4 Å². The van der Waals surface area contributed by atoms with E-state index in [0.717, 1.165) is 11.3 Å². The van der Waals surface area contributed by atoms with Crippen molar-refractivity contribution in [2.24, 2.45) is 0 Å². The zero-order chi connectivity index (χ0) is 19.6. The van der Waals surface area contributed by atoms with Gasteiger partial charge in [-0.15, -0.1) is 0 Å². The van der Waals surface area contributed by atoms with Crippen molar-refractivity contribution in [1.29, 1.82) is 0 Å². The Morgan fingerprint density at radius 1 is 1.22 bits per heavy atom. The summed E-state index contributed by atoms with van der Waals surface area (Å²) < 4.78 is 32.6. The van der Waals surface area contributed by atoms with Crippen LogP contribution in [0.4, 0.5) is 5.69 Å². The van der Waals surface area contributed by atoms with E-state index in [-0.39, 0.29) is 30.0 Å². The van der Waals surface area contributed by atoms with Crippen molar-refractivity contribution >= 4 is 21.6 Å². The summed E-state index contributed by atoms with van der Waals surface area (Å²) in [5.41, 5.74) is 1.68. The van der Waals surface area contributed by atoms with E-state index in [1.165, 1.54) is 11.2 Å². The number of benzene rings is 2. The van der Waals surface area contributed by atoms with Crippen molar-refractivity contribution in [2.45, 2.75) is 31.2 Å². The molecule has 0 bridgehead atoms. The minimum Gasteiger partial charge on any atom is -0.492 e. The molecule has 1 unspecified atom stereocenters. The third-order valence-corrected chi connectivity index (χ3v) is 6.58. The van der Waals surface area contributed by atoms with Crippen molar-refractivity contribution in [3.63, 3.8) is 0 Å². The predicted octanol–water partition coefficient (Wildman–Crippen LogP) is 2.68. The van der Waals surface area contributed by atoms with Gasteiger partial charge in [-0.2, -0.15) is 4.31 Å². The minimum atomic E-state index is -3.62. The first-order valence-electron chi connectivity index (χ1n) is 8.87. The summed E-state index contributed by atoms with van der Waals surface area (Å²) in [5.74, 6) is 0.672. The first-order valence-corrected chi connectivity index (χ1v) is 10.3. The molecule has 27 heavy (non-hydrogen) atoms. The summed E-state index contributed by atoms with van der Waals surface area (Å²) in [6, 6.07) is 14.3. The first kappa shape index (κ1) is 19.4. The summed E-state index contributed by atoms with van der Waals surface area (Å²) in [4.78, 5) is 13.8. The largest absolute Gasteiger partial charge is 0.492 e. The molecule has 0 saturated heterocycles. The molecule has 0 N–H and O–H groups in total. The molecule has 1 aliphatic rings. The van der Waals surface area contributed by atoms with Crippen LogP contribution in [0.2, 0.25) is 0 Å². The van der Waals surface area contributed by atoms with Crippen molar-refractivity contribution < 1.29 is 17.9 Å². The molecule has 1 amide bonds. The van der Waals surface area contributed by atoms with Crippen LogP contribution in [-0.2, 0) is 21.2 Å². The number of nitrogens with zero attached hydrogens (tertiary/aromatic N) is 2. The van der Waals surface area contributed by atoms with Crippen molar-refractivity contribution in [3.8, 4) is 5.75 Å². The van der Waals surface area contributed by atoms with Gasteiger partial charge in [0.15, 0.2) is 0 Å². The number of carbonyl (C=O) groups is 1. The maximum absolute atomic E-state index is 12.9. The van der Waals surface area contributed by atoms with Gasteiger partial charge in [-0.25, -0.2) is 8.42 Å². The molecule has 0 aromatic heterocycles. The Bertz CT molecular complexity index is 928. The zero-order valence-electron chi connectivity index (χ0n) is 15.8. The first-order chi connectivity index (χ1) is 12.8. The van der Waals surface area contributed by atoms with E-state index < -0.39 is 10.0 Å². The number of likely N-dealkylation sites (N-methyl/N-ethyl adjacent to an activating group) is 1. The Balaban J connectivity index is 1.71. The highest BCUT2D eigenvalue weighted by molar-refractivity contribution is 7.89. The molecule has 0 saturated carbocycles. The second-order valence-electron chi connectivity index (χ2n) is 6.72. The van der Waals surface area contributed by atoms with Crippen LogP contribution < -0.4 is 9.64 Å². The number of anilines is 1. The maximum Gasteiger partial charge on any atom is 0.242 e. The average molecular weight is 388 g/mol. The number of rotatable bonds is 6. The van der Waals surface area contributed by atoms with E-state index in [4.69, 9.17) is 4.74 Å². The summed E-state index contributed by atoms with van der Waals surface area (Å²) >= 11 is 0. The standard InChI is InChI=1S/C20H24N2O4S/c1-15-13-17-14-19(9-10-20(17)22(15)16(2)23)27(24,25)21(3)11-12-26-18-7-5-4-6-8-18/h4-10,14-15H,11-13H2,1-3H3. The number of ether oxygens (including phenoxy) is 1. The maximum atomic E-state index is 12.9. The number of carbonyl (C=O) groups excluding carboxylic acids is 1. The van der Waals surface area contributed by atoms with Crippen LogP contribution in [0, 0.1) is 0 Å². The van der Waals surface area contributed by atoms with Gasteiger partial charge in [0, 0.05) is 32.2 Å². The lowest BCUT2D eigenvalue weighted by molar-refractivity contribution is -0.116. The lowest BCUT2D eigenvalue weighted by atomic mass is 10.1. The van der Waals surface area contributed by atoms with Gasteiger partial charge in [0.1, 0.15) is 12.4 Å². The highest BCUT2D eigenvalue weighted by atomic mass is 32.2. The van der Waals surface area contributed by atoms with Gasteiger partial charge in [-0.3, -0.25) is 4.79 Å². The fourth-order valence-electron chi connectivity index (χ4n) is 3.36. The fraction of sp³-hybridized carbons (Fsp3) is 0.350. The topological polar surface area (TPSA) is 66.9 Å². The molecule has 2 aromatic rings. The number of amides is 1. The van der Waals surface area contributed by atoms with E-state index in [0.29, 0.717) is 12.2 Å². The Labute approximate surface area is 160 Å². The SMILES string of the molecule is CC(=O)N1c2ccc(S(=O)(=O)N(C)CCOc3ccccc3)cc2CC1C. The second kappa shape index (κ2) is 7.70. The van der Waals surface area contributed by atoms with Gasteiger partial charge in [-0.1, -0.05) is 18.2 Å². The molecule has 6 nitrogen and oxygen atoms in total. The molecule has 3 rings (SSSR count). The average Bonchev–Trinajstić information content (AvgIpc) is 2.97. The Morgan fingerprint density at radius 3 is 2.59 bits per heavy atom. The highest BCUT2D eigenvalue weighted by Gasteiger charge is 2.31. The molecule has 0 fully saturated rings. The van der Waals surface area contributed by atoms with E-state index in [2.05, 4.69) is 0 Å². The third kappa shape index (κ3) is 3.99. The van der Waals surface area contributed by atoms with Crippen molar-refractivity contribution in [2.75, 3.05) is 25.1 Å². The van der Waals surface area contributed by atoms with Gasteiger partial charge < -0.3 is 9.64 Å². The van der Waals surface area contributed by atoms with Gasteiger partial charge in [0.25, 0.3) is 0 Å². The van der Waals surface area contributed by atoms with Crippen LogP contribution in [0.3, 0.4) is 0 Å². The van der Waals surface area contributed by atoms with Gasteiger partial charge in [0.2, 0.25) is 15.9 Å². The molecule has 1 atom stereocenters. The molecule has 144 valence electrons. The normalized spacial score (nSPS) is 16.4. The van der Waals surface area contributed by atoms with Crippen molar-refractivity contribution in [1.82, 2.24) is 4.31 Å². The molecular weight excluding hydrogens is 364 g/mol. The van der Waals surface area contributed by atoms with Gasteiger partial charge >= 0.3 is 0 Å². The smallest absolute Gasteiger partial charge is 0.242 e. The number of hydrogen-bond acceptors (Lipinski definition) is 4. The van der Waals surface area contributed by atoms with E-state index >= 15 is 0 Å². The lowest BCUT2D eigenvalue weighted by Gasteiger charge is -2.21. The Kier molecular flexibility index (Phi) is 5.53. The Morgan fingerprint density at radius 2 is 1.93 bits per heavy atom. The highest BCUT2D eigenvalue weighted by Crippen LogP contribution is 2.34. The number of sulfonamides is 1. The van der Waals surface area contributed by atoms with Crippen LogP contribution in [0.5, 0.6) is 5.75 Å². The van der Waals surface area contributed by atoms with E-state index in [9.17, 15) is 13.2 Å². The fourth-order valence-corrected chi connectivity index (χ4v) is 4.56. The van der Waals surface area contributed by atoms with Gasteiger partial charge in [-0.05, 0) is 49.2 Å². The third-order valence-electron chi connectivity index (χ3n) is 4.73. The predicted molar refractivity (Wildman–Crippen MR) is 105 cm³/mol. The number of fused-ring (bicyclic) bond motifs is 1. The van der Waals surface area contributed by atoms with Crippen LogP contribution in [-0.4, -0.2) is 44.9 Å². The van der Waals surface area contributed by atoms with E-state index in [1.54, 1.807) is 30.1 Å². The number of hydrogen-bond donors (Lipinski definition) is 0. The van der Waals surface area contributed by atoms with Gasteiger partial charge in [0.05, 0.1) is 4.90 Å². The van der Waals surface area contributed by atoms with Crippen molar-refractivity contribution in [3.05, 3.63) is 54.1 Å². The summed E-state index contributed by atoms with van der Waals surface area (Å²) in [7, 11) is -2.08. The Hall–Kier alpha value is -2.38. The molecule has 0 aliphatic carbocycles. The zero-order valence-corrected chi connectivity index (χ0v) is 16.6. The quantitative estimate of drug-likeness (QED) is 0.763. The molecular formula is C20H24N2O4S. The van der Waals surface area contributed by atoms with Crippen LogP contribution in [0.1, 0.15) is 19.4 Å². The number of para-hydroxylation sites is 1. The molecule has 7 heteroatoms. The summed E-state index contributed by atoms with van der Waals surface area (Å²) in [5, 5.41) is 0. The molecule has 2 aromatic carbocycles. The molecule has 1 aliphatic heterocycles.